The maximum atomic E-state index is 12.0. The number of hydrogen-bond acceptors (Lipinski definition) is 4. The van der Waals surface area contributed by atoms with Crippen LogP contribution in [0.4, 0.5) is 5.69 Å². The highest BCUT2D eigenvalue weighted by Crippen LogP contribution is 2.25. The van der Waals surface area contributed by atoms with E-state index < -0.39 is 0 Å². The van der Waals surface area contributed by atoms with Gasteiger partial charge in [0.25, 0.3) is 5.91 Å². The monoisotopic (exact) mass is 252 g/mol. The van der Waals surface area contributed by atoms with Crippen molar-refractivity contribution < 1.29 is 9.90 Å². The standard InChI is InChI=1S/C12H20N4O2/c1-7-10(13)11(16(2)15-7)12(18)14-6-8-4-3-5-9(8)17/h8-9,17H,3-6,13H2,1-2H3,(H,14,18). The number of nitrogens with one attached hydrogen (secondary N) is 1. The van der Waals surface area contributed by atoms with E-state index in [1.807, 2.05) is 0 Å². The summed E-state index contributed by atoms with van der Waals surface area (Å²) >= 11 is 0. The summed E-state index contributed by atoms with van der Waals surface area (Å²) < 4.78 is 1.49. The summed E-state index contributed by atoms with van der Waals surface area (Å²) in [4.78, 5) is 12.0. The smallest absolute Gasteiger partial charge is 0.271 e. The van der Waals surface area contributed by atoms with Gasteiger partial charge in [0.1, 0.15) is 5.69 Å². The van der Waals surface area contributed by atoms with Crippen LogP contribution in [0.5, 0.6) is 0 Å². The number of carbonyl (C=O) groups excluding carboxylic acids is 1. The first-order chi connectivity index (χ1) is 8.50. The van der Waals surface area contributed by atoms with Crippen LogP contribution >= 0.6 is 0 Å². The van der Waals surface area contributed by atoms with Gasteiger partial charge in [-0.2, -0.15) is 5.10 Å². The highest BCUT2D eigenvalue weighted by molar-refractivity contribution is 5.97. The number of anilines is 1. The fourth-order valence-electron chi connectivity index (χ4n) is 2.51. The highest BCUT2D eigenvalue weighted by Gasteiger charge is 2.26. The topological polar surface area (TPSA) is 93.2 Å². The molecule has 1 amide bonds. The molecule has 0 bridgehead atoms. The third kappa shape index (κ3) is 2.33. The zero-order chi connectivity index (χ0) is 13.3. The van der Waals surface area contributed by atoms with Gasteiger partial charge < -0.3 is 16.2 Å². The molecule has 6 heteroatoms. The Morgan fingerprint density at radius 1 is 1.61 bits per heavy atom. The van der Waals surface area contributed by atoms with Gasteiger partial charge in [-0.1, -0.05) is 6.42 Å². The average molecular weight is 252 g/mol. The lowest BCUT2D eigenvalue weighted by atomic mass is 10.1. The minimum atomic E-state index is -0.295. The van der Waals surface area contributed by atoms with E-state index >= 15 is 0 Å². The second-order valence-electron chi connectivity index (χ2n) is 4.94. The number of nitrogens with zero attached hydrogens (tertiary/aromatic N) is 2. The molecule has 0 spiro atoms. The maximum Gasteiger partial charge on any atom is 0.271 e. The van der Waals surface area contributed by atoms with E-state index in [-0.39, 0.29) is 17.9 Å². The first-order valence-corrected chi connectivity index (χ1v) is 6.26. The number of aromatic nitrogens is 2. The van der Waals surface area contributed by atoms with Crippen molar-refractivity contribution in [1.29, 1.82) is 0 Å². The van der Waals surface area contributed by atoms with E-state index in [0.29, 0.717) is 23.6 Å². The lowest BCUT2D eigenvalue weighted by Crippen LogP contribution is -2.33. The number of nitrogens with two attached hydrogens (primary N) is 1. The second kappa shape index (κ2) is 4.97. The van der Waals surface area contributed by atoms with Crippen molar-refractivity contribution in [3.63, 3.8) is 0 Å². The van der Waals surface area contributed by atoms with Crippen LogP contribution in [0.2, 0.25) is 0 Å². The second-order valence-corrected chi connectivity index (χ2v) is 4.94. The van der Waals surface area contributed by atoms with E-state index in [2.05, 4.69) is 10.4 Å². The summed E-state index contributed by atoms with van der Waals surface area (Å²) in [6, 6.07) is 0. The molecule has 6 nitrogen and oxygen atoms in total. The number of carbonyl (C=O) groups is 1. The molecule has 1 aromatic heterocycles. The van der Waals surface area contributed by atoms with Crippen LogP contribution in [0.1, 0.15) is 35.4 Å². The third-order valence-electron chi connectivity index (χ3n) is 3.63. The number of amides is 1. The SMILES string of the molecule is Cc1nn(C)c(C(=O)NCC2CCCC2O)c1N. The van der Waals surface area contributed by atoms with Gasteiger partial charge in [-0.3, -0.25) is 9.48 Å². The molecule has 2 unspecified atom stereocenters. The fourth-order valence-corrected chi connectivity index (χ4v) is 2.51. The first kappa shape index (κ1) is 12.9. The van der Waals surface area contributed by atoms with Crippen molar-refractivity contribution in [2.75, 3.05) is 12.3 Å². The van der Waals surface area contributed by atoms with Crippen molar-refractivity contribution in [2.45, 2.75) is 32.3 Å². The molecule has 1 aromatic rings. The molecule has 100 valence electrons. The first-order valence-electron chi connectivity index (χ1n) is 6.26. The van der Waals surface area contributed by atoms with Gasteiger partial charge in [0.2, 0.25) is 0 Å². The average Bonchev–Trinajstić information content (AvgIpc) is 2.81. The van der Waals surface area contributed by atoms with E-state index in [1.54, 1.807) is 14.0 Å². The third-order valence-corrected chi connectivity index (χ3v) is 3.63. The molecule has 1 aliphatic carbocycles. The lowest BCUT2D eigenvalue weighted by molar-refractivity contribution is 0.0908. The van der Waals surface area contributed by atoms with Crippen LogP contribution in [0.25, 0.3) is 0 Å². The predicted molar refractivity (Wildman–Crippen MR) is 68.0 cm³/mol. The molecule has 1 heterocycles. The predicted octanol–water partition coefficient (Wildman–Crippen LogP) is 0.202. The Morgan fingerprint density at radius 3 is 2.83 bits per heavy atom. The minimum absolute atomic E-state index is 0.157. The Morgan fingerprint density at radius 2 is 2.33 bits per heavy atom. The summed E-state index contributed by atoms with van der Waals surface area (Å²) in [6.07, 6.45) is 2.51. The van der Waals surface area contributed by atoms with Crippen molar-refractivity contribution in [1.82, 2.24) is 15.1 Å². The number of aryl methyl sites for hydroxylation is 2. The van der Waals surface area contributed by atoms with Gasteiger partial charge in [0, 0.05) is 19.5 Å². The van der Waals surface area contributed by atoms with Crippen molar-refractivity contribution in [3.05, 3.63) is 11.4 Å². The van der Waals surface area contributed by atoms with Crippen LogP contribution in [0, 0.1) is 12.8 Å². The van der Waals surface area contributed by atoms with Gasteiger partial charge >= 0.3 is 0 Å². The Kier molecular flexibility index (Phi) is 3.56. The molecule has 18 heavy (non-hydrogen) atoms. The number of aliphatic hydroxyl groups excluding tert-OH is 1. The number of rotatable bonds is 3. The summed E-state index contributed by atoms with van der Waals surface area (Å²) in [6.45, 7) is 2.26. The Hall–Kier alpha value is -1.56. The Balaban J connectivity index is 1.99. The Labute approximate surface area is 106 Å². The molecular weight excluding hydrogens is 232 g/mol. The quantitative estimate of drug-likeness (QED) is 0.716. The van der Waals surface area contributed by atoms with Crippen LogP contribution in [0.3, 0.4) is 0 Å². The normalized spacial score (nSPS) is 23.3. The largest absolute Gasteiger partial charge is 0.395 e. The van der Waals surface area contributed by atoms with Crippen molar-refractivity contribution in [3.8, 4) is 0 Å². The molecule has 2 rings (SSSR count). The molecule has 2 atom stereocenters. The van der Waals surface area contributed by atoms with Crippen molar-refractivity contribution >= 4 is 11.6 Å². The van der Waals surface area contributed by atoms with Gasteiger partial charge in [0.15, 0.2) is 0 Å². The molecule has 1 saturated carbocycles. The molecule has 0 aromatic carbocycles. The molecule has 0 aliphatic heterocycles. The Bertz CT molecular complexity index is 455. The lowest BCUT2D eigenvalue weighted by Gasteiger charge is -2.15. The summed E-state index contributed by atoms with van der Waals surface area (Å²) in [5, 5.41) is 16.6. The van der Waals surface area contributed by atoms with Crippen molar-refractivity contribution in [2.24, 2.45) is 13.0 Å². The van der Waals surface area contributed by atoms with E-state index in [0.717, 1.165) is 19.3 Å². The molecule has 1 fully saturated rings. The van der Waals surface area contributed by atoms with Crippen LogP contribution in [-0.2, 0) is 7.05 Å². The van der Waals surface area contributed by atoms with Crippen LogP contribution < -0.4 is 11.1 Å². The van der Waals surface area contributed by atoms with Gasteiger partial charge in [-0.25, -0.2) is 0 Å². The number of nitrogen functional groups attached to an aromatic ring is 1. The van der Waals surface area contributed by atoms with Gasteiger partial charge in [0.05, 0.1) is 17.5 Å². The zero-order valence-corrected chi connectivity index (χ0v) is 10.8. The molecule has 0 saturated heterocycles. The van der Waals surface area contributed by atoms with E-state index in [9.17, 15) is 9.90 Å². The highest BCUT2D eigenvalue weighted by atomic mass is 16.3. The van der Waals surface area contributed by atoms with Crippen LogP contribution in [0.15, 0.2) is 0 Å². The van der Waals surface area contributed by atoms with Crippen LogP contribution in [-0.4, -0.2) is 33.4 Å². The molecular formula is C12H20N4O2. The molecule has 1 aliphatic rings. The van der Waals surface area contributed by atoms with E-state index in [4.69, 9.17) is 5.73 Å². The van der Waals surface area contributed by atoms with E-state index in [1.165, 1.54) is 4.68 Å². The van der Waals surface area contributed by atoms with Gasteiger partial charge in [-0.15, -0.1) is 0 Å². The maximum absolute atomic E-state index is 12.0. The molecule has 4 N–H and O–H groups in total. The number of hydrogen-bond donors (Lipinski definition) is 3. The zero-order valence-electron chi connectivity index (χ0n) is 10.8. The minimum Gasteiger partial charge on any atom is -0.395 e. The summed E-state index contributed by atoms with van der Waals surface area (Å²) in [5.41, 5.74) is 7.29. The molecule has 0 radical (unpaired) electrons. The summed E-state index contributed by atoms with van der Waals surface area (Å²) in [7, 11) is 1.70. The number of aliphatic hydroxyl groups is 1. The fraction of sp³-hybridized carbons (Fsp3) is 0.667. The van der Waals surface area contributed by atoms with Gasteiger partial charge in [-0.05, 0) is 19.8 Å². The summed E-state index contributed by atoms with van der Waals surface area (Å²) in [5.74, 6) is -0.0702.